The number of anilines is 1. The van der Waals surface area contributed by atoms with Crippen molar-refractivity contribution in [2.24, 2.45) is 0 Å². The van der Waals surface area contributed by atoms with Crippen LogP contribution in [0.1, 0.15) is 36.0 Å². The van der Waals surface area contributed by atoms with E-state index >= 15 is 0 Å². The molecule has 1 aromatic carbocycles. The first-order chi connectivity index (χ1) is 10.2. The van der Waals surface area contributed by atoms with Gasteiger partial charge in [-0.25, -0.2) is 0 Å². The summed E-state index contributed by atoms with van der Waals surface area (Å²) in [5, 5.41) is 3.17. The maximum Gasteiger partial charge on any atom is 0.253 e. The van der Waals surface area contributed by atoms with E-state index in [-0.39, 0.29) is 11.9 Å². The molecule has 0 radical (unpaired) electrons. The first-order valence-electron chi connectivity index (χ1n) is 7.67. The predicted octanol–water partition coefficient (Wildman–Crippen LogP) is 1.63. The molecule has 2 heterocycles. The summed E-state index contributed by atoms with van der Waals surface area (Å²) < 4.78 is 5.17. The van der Waals surface area contributed by atoms with Crippen molar-refractivity contribution in [3.8, 4) is 5.75 Å². The summed E-state index contributed by atoms with van der Waals surface area (Å²) in [5.74, 6) is 0.559. The molecule has 1 amide bonds. The van der Waals surface area contributed by atoms with E-state index in [2.05, 4.69) is 10.2 Å². The molecule has 114 valence electrons. The molecule has 2 fully saturated rings. The molecule has 1 aromatic rings. The summed E-state index contributed by atoms with van der Waals surface area (Å²) in [6.45, 7) is 2.25. The van der Waals surface area contributed by atoms with Gasteiger partial charge in [0.15, 0.2) is 0 Å². The number of nitrogens with two attached hydrogens (primary N) is 1. The number of carbonyl (C=O) groups excluding carboxylic acids is 1. The number of nitrogens with zero attached hydrogens (tertiary/aromatic N) is 1. The monoisotopic (exact) mass is 289 g/mol. The Hall–Kier alpha value is -1.75. The molecule has 5 nitrogen and oxygen atoms in total. The molecule has 21 heavy (non-hydrogen) atoms. The Morgan fingerprint density at radius 1 is 1.33 bits per heavy atom. The van der Waals surface area contributed by atoms with Crippen LogP contribution in [0.15, 0.2) is 18.2 Å². The fourth-order valence-corrected chi connectivity index (χ4v) is 3.52. The minimum absolute atomic E-state index is 0.0937. The second kappa shape index (κ2) is 5.93. The average molecular weight is 289 g/mol. The highest BCUT2D eigenvalue weighted by Crippen LogP contribution is 2.28. The Labute approximate surface area is 125 Å². The molecule has 2 atom stereocenters. The quantitative estimate of drug-likeness (QED) is 0.830. The molecule has 0 saturated carbocycles. The van der Waals surface area contributed by atoms with Gasteiger partial charge >= 0.3 is 0 Å². The number of piperidine rings is 1. The van der Waals surface area contributed by atoms with Crippen molar-refractivity contribution in [3.05, 3.63) is 23.8 Å². The second-order valence-electron chi connectivity index (χ2n) is 5.92. The Balaban J connectivity index is 1.71. The summed E-state index contributed by atoms with van der Waals surface area (Å²) >= 11 is 0. The molecule has 2 aliphatic heterocycles. The SMILES string of the molecule is COc1ccc(N)c(C(=O)NC2CCN3CCCCC23)c1. The average Bonchev–Trinajstić information content (AvgIpc) is 2.91. The van der Waals surface area contributed by atoms with Crippen LogP contribution in [-0.4, -0.2) is 43.1 Å². The van der Waals surface area contributed by atoms with Gasteiger partial charge in [0, 0.05) is 24.3 Å². The third-order valence-electron chi connectivity index (χ3n) is 4.68. The summed E-state index contributed by atoms with van der Waals surface area (Å²) in [7, 11) is 1.59. The number of nitrogens with one attached hydrogen (secondary N) is 1. The van der Waals surface area contributed by atoms with Crippen LogP contribution in [0, 0.1) is 0 Å². The van der Waals surface area contributed by atoms with Crippen molar-refractivity contribution in [1.29, 1.82) is 0 Å². The molecule has 3 N–H and O–H groups in total. The lowest BCUT2D eigenvalue weighted by Gasteiger charge is -2.32. The zero-order chi connectivity index (χ0) is 14.8. The van der Waals surface area contributed by atoms with E-state index in [0.717, 1.165) is 13.0 Å². The largest absolute Gasteiger partial charge is 0.497 e. The highest BCUT2D eigenvalue weighted by molar-refractivity contribution is 5.99. The van der Waals surface area contributed by atoms with E-state index < -0.39 is 0 Å². The van der Waals surface area contributed by atoms with Crippen molar-refractivity contribution in [3.63, 3.8) is 0 Å². The highest BCUT2D eigenvalue weighted by atomic mass is 16.5. The van der Waals surface area contributed by atoms with Crippen molar-refractivity contribution in [2.45, 2.75) is 37.8 Å². The molecule has 0 aliphatic carbocycles. The Kier molecular flexibility index (Phi) is 4.01. The first kappa shape index (κ1) is 14.2. The van der Waals surface area contributed by atoms with E-state index in [1.54, 1.807) is 25.3 Å². The molecular weight excluding hydrogens is 266 g/mol. The molecule has 3 rings (SSSR count). The highest BCUT2D eigenvalue weighted by Gasteiger charge is 2.36. The lowest BCUT2D eigenvalue weighted by atomic mass is 9.98. The Bertz CT molecular complexity index is 532. The van der Waals surface area contributed by atoms with Crippen molar-refractivity contribution in [1.82, 2.24) is 10.2 Å². The predicted molar refractivity (Wildman–Crippen MR) is 82.5 cm³/mol. The summed E-state index contributed by atoms with van der Waals surface area (Å²) in [5.41, 5.74) is 6.92. The Morgan fingerprint density at radius 3 is 3.00 bits per heavy atom. The van der Waals surface area contributed by atoms with Gasteiger partial charge in [0.1, 0.15) is 5.75 Å². The first-order valence-corrected chi connectivity index (χ1v) is 7.67. The Morgan fingerprint density at radius 2 is 2.19 bits per heavy atom. The standard InChI is InChI=1S/C16H23N3O2/c1-21-11-5-6-13(17)12(10-11)16(20)18-14-7-9-19-8-3-2-4-15(14)19/h5-6,10,14-15H,2-4,7-9,17H2,1H3,(H,18,20). The number of hydrogen-bond donors (Lipinski definition) is 2. The molecule has 2 aliphatic rings. The van der Waals surface area contributed by atoms with Gasteiger partial charge in [-0.3, -0.25) is 9.69 Å². The number of fused-ring (bicyclic) bond motifs is 1. The maximum atomic E-state index is 12.5. The zero-order valence-electron chi connectivity index (χ0n) is 12.5. The van der Waals surface area contributed by atoms with E-state index in [9.17, 15) is 4.79 Å². The third-order valence-corrected chi connectivity index (χ3v) is 4.68. The van der Waals surface area contributed by atoms with E-state index in [4.69, 9.17) is 10.5 Å². The summed E-state index contributed by atoms with van der Waals surface area (Å²) in [6.07, 6.45) is 4.74. The normalized spacial score (nSPS) is 25.4. The van der Waals surface area contributed by atoms with Gasteiger partial charge in [0.2, 0.25) is 0 Å². The molecule has 0 aromatic heterocycles. The van der Waals surface area contributed by atoms with Crippen molar-refractivity contribution in [2.75, 3.05) is 25.9 Å². The number of carbonyl (C=O) groups is 1. The number of ether oxygens (including phenoxy) is 1. The van der Waals surface area contributed by atoms with Crippen LogP contribution < -0.4 is 15.8 Å². The minimum atomic E-state index is -0.0937. The van der Waals surface area contributed by atoms with Crippen molar-refractivity contribution >= 4 is 11.6 Å². The van der Waals surface area contributed by atoms with Crippen LogP contribution in [-0.2, 0) is 0 Å². The maximum absolute atomic E-state index is 12.5. The number of hydrogen-bond acceptors (Lipinski definition) is 4. The van der Waals surface area contributed by atoms with Gasteiger partial charge in [0.05, 0.1) is 12.7 Å². The lowest BCUT2D eigenvalue weighted by Crippen LogP contribution is -2.46. The van der Waals surface area contributed by atoms with Crippen LogP contribution in [0.2, 0.25) is 0 Å². The van der Waals surface area contributed by atoms with Crippen LogP contribution in [0.4, 0.5) is 5.69 Å². The van der Waals surface area contributed by atoms with Gasteiger partial charge in [-0.05, 0) is 44.0 Å². The van der Waals surface area contributed by atoms with Gasteiger partial charge < -0.3 is 15.8 Å². The molecule has 5 heteroatoms. The molecule has 2 unspecified atom stereocenters. The number of amides is 1. The molecular formula is C16H23N3O2. The third kappa shape index (κ3) is 2.83. The number of benzene rings is 1. The lowest BCUT2D eigenvalue weighted by molar-refractivity contribution is 0.0916. The smallest absolute Gasteiger partial charge is 0.253 e. The minimum Gasteiger partial charge on any atom is -0.497 e. The summed E-state index contributed by atoms with van der Waals surface area (Å²) in [4.78, 5) is 15.0. The number of methoxy groups -OCH3 is 1. The van der Waals surface area contributed by atoms with Crippen LogP contribution in [0.25, 0.3) is 0 Å². The van der Waals surface area contributed by atoms with Gasteiger partial charge in [0.25, 0.3) is 5.91 Å². The van der Waals surface area contributed by atoms with E-state index in [1.807, 2.05) is 0 Å². The van der Waals surface area contributed by atoms with Gasteiger partial charge in [-0.2, -0.15) is 0 Å². The zero-order valence-corrected chi connectivity index (χ0v) is 12.5. The molecule has 2 saturated heterocycles. The number of nitrogen functional groups attached to an aromatic ring is 1. The van der Waals surface area contributed by atoms with Crippen molar-refractivity contribution < 1.29 is 9.53 Å². The van der Waals surface area contributed by atoms with Crippen LogP contribution in [0.3, 0.4) is 0 Å². The summed E-state index contributed by atoms with van der Waals surface area (Å²) in [6, 6.07) is 5.93. The van der Waals surface area contributed by atoms with Crippen LogP contribution in [0.5, 0.6) is 5.75 Å². The second-order valence-corrected chi connectivity index (χ2v) is 5.92. The van der Waals surface area contributed by atoms with Gasteiger partial charge in [-0.15, -0.1) is 0 Å². The molecule has 0 bridgehead atoms. The van der Waals surface area contributed by atoms with Gasteiger partial charge in [-0.1, -0.05) is 6.42 Å². The fourth-order valence-electron chi connectivity index (χ4n) is 3.52. The van der Waals surface area contributed by atoms with E-state index in [0.29, 0.717) is 23.0 Å². The molecule has 0 spiro atoms. The van der Waals surface area contributed by atoms with Crippen LogP contribution >= 0.6 is 0 Å². The van der Waals surface area contributed by atoms with E-state index in [1.165, 1.54) is 25.8 Å². The number of rotatable bonds is 3. The fraction of sp³-hybridized carbons (Fsp3) is 0.562. The topological polar surface area (TPSA) is 67.6 Å².